The van der Waals surface area contributed by atoms with Crippen LogP contribution in [0.5, 0.6) is 5.75 Å². The minimum absolute atomic E-state index is 0.105. The molecule has 0 saturated heterocycles. The van der Waals surface area contributed by atoms with Crippen LogP contribution >= 0.6 is 22.9 Å². The molecule has 1 N–H and O–H groups in total. The zero-order valence-electron chi connectivity index (χ0n) is 17.1. The molecular weight excluding hydrogens is 446 g/mol. The summed E-state index contributed by atoms with van der Waals surface area (Å²) in [5, 5.41) is 3.38. The molecule has 164 valence electrons. The van der Waals surface area contributed by atoms with E-state index in [9.17, 15) is 14.4 Å². The number of amides is 1. The lowest BCUT2D eigenvalue weighted by Crippen LogP contribution is -2.28. The third kappa shape index (κ3) is 5.04. The number of hydrogen-bond acceptors (Lipinski definition) is 8. The van der Waals surface area contributed by atoms with Crippen molar-refractivity contribution in [2.75, 3.05) is 32.8 Å². The van der Waals surface area contributed by atoms with Crippen LogP contribution < -0.4 is 15.6 Å². The normalized spacial score (nSPS) is 10.8. The monoisotopic (exact) mass is 465 g/mol. The topological polar surface area (TPSA) is 109 Å². The van der Waals surface area contributed by atoms with Crippen LogP contribution in [0.15, 0.2) is 29.3 Å². The number of thiophene rings is 1. The lowest BCUT2D eigenvalue weighted by atomic mass is 10.2. The highest BCUT2D eigenvalue weighted by atomic mass is 35.5. The smallest absolute Gasteiger partial charge is 0.348 e. The molecule has 0 unspecified atom stereocenters. The second-order valence-electron chi connectivity index (χ2n) is 6.44. The fraction of sp³-hybridized carbons (Fsp3) is 0.300. The summed E-state index contributed by atoms with van der Waals surface area (Å²) in [6.45, 7) is 1.75. The van der Waals surface area contributed by atoms with Crippen molar-refractivity contribution in [2.24, 2.45) is 0 Å². The maximum absolute atomic E-state index is 12.9. The van der Waals surface area contributed by atoms with Crippen LogP contribution in [-0.2, 0) is 20.8 Å². The predicted molar refractivity (Wildman–Crippen MR) is 117 cm³/mol. The van der Waals surface area contributed by atoms with E-state index in [-0.39, 0.29) is 25.1 Å². The van der Waals surface area contributed by atoms with E-state index in [0.29, 0.717) is 31.7 Å². The Balaban J connectivity index is 1.84. The fourth-order valence-corrected chi connectivity index (χ4v) is 4.08. The summed E-state index contributed by atoms with van der Waals surface area (Å²) >= 11 is 7.05. The van der Waals surface area contributed by atoms with E-state index in [4.69, 9.17) is 25.8 Å². The van der Waals surface area contributed by atoms with E-state index in [1.54, 1.807) is 25.1 Å². The van der Waals surface area contributed by atoms with Gasteiger partial charge in [0.05, 0.1) is 31.1 Å². The first-order valence-electron chi connectivity index (χ1n) is 9.13. The van der Waals surface area contributed by atoms with Crippen LogP contribution in [0.1, 0.15) is 15.2 Å². The molecule has 9 nitrogen and oxygen atoms in total. The second kappa shape index (κ2) is 9.90. The highest BCUT2D eigenvalue weighted by molar-refractivity contribution is 7.20. The number of esters is 1. The van der Waals surface area contributed by atoms with Crippen LogP contribution in [0.4, 0.5) is 5.69 Å². The number of fused-ring (bicyclic) bond motifs is 1. The number of hydrogen-bond donors (Lipinski definition) is 1. The Labute approximate surface area is 186 Å². The molecule has 1 aromatic carbocycles. The molecule has 0 aliphatic heterocycles. The summed E-state index contributed by atoms with van der Waals surface area (Å²) in [5.74, 6) is -0.575. The van der Waals surface area contributed by atoms with Gasteiger partial charge in [-0.25, -0.2) is 9.78 Å². The Kier molecular flexibility index (Phi) is 7.26. The number of aromatic nitrogens is 2. The van der Waals surface area contributed by atoms with Crippen molar-refractivity contribution in [3.05, 3.63) is 50.3 Å². The van der Waals surface area contributed by atoms with Gasteiger partial charge in [0.2, 0.25) is 5.91 Å². The molecule has 31 heavy (non-hydrogen) atoms. The molecule has 3 rings (SSSR count). The molecule has 1 amide bonds. The number of rotatable bonds is 8. The number of nitrogens with one attached hydrogen (secondary N) is 1. The molecule has 0 atom stereocenters. The average molecular weight is 466 g/mol. The molecule has 0 saturated carbocycles. The third-order valence-corrected chi connectivity index (χ3v) is 5.79. The van der Waals surface area contributed by atoms with Crippen molar-refractivity contribution in [3.63, 3.8) is 0 Å². The first-order valence-corrected chi connectivity index (χ1v) is 10.3. The molecule has 3 aromatic rings. The molecule has 2 aromatic heterocycles. The summed E-state index contributed by atoms with van der Waals surface area (Å²) in [6, 6.07) is 4.81. The Morgan fingerprint density at radius 2 is 2.03 bits per heavy atom. The molecular formula is C20H20ClN3O6S. The van der Waals surface area contributed by atoms with Gasteiger partial charge in [-0.15, -0.1) is 11.3 Å². The van der Waals surface area contributed by atoms with Gasteiger partial charge in [-0.3, -0.25) is 14.2 Å². The number of methoxy groups -OCH3 is 2. The number of anilines is 1. The lowest BCUT2D eigenvalue weighted by Gasteiger charge is -2.11. The quantitative estimate of drug-likeness (QED) is 0.402. The number of ether oxygens (including phenoxy) is 3. The van der Waals surface area contributed by atoms with Crippen molar-refractivity contribution in [3.8, 4) is 5.75 Å². The largest absolute Gasteiger partial charge is 0.495 e. The zero-order chi connectivity index (χ0) is 22.5. The summed E-state index contributed by atoms with van der Waals surface area (Å²) in [7, 11) is 2.97. The molecule has 2 heterocycles. The molecule has 0 radical (unpaired) electrons. The lowest BCUT2D eigenvalue weighted by molar-refractivity contribution is -0.116. The summed E-state index contributed by atoms with van der Waals surface area (Å²) in [6.07, 6.45) is 1.27. The molecule has 0 spiro atoms. The second-order valence-corrected chi connectivity index (χ2v) is 7.87. The first kappa shape index (κ1) is 22.7. The summed E-state index contributed by atoms with van der Waals surface area (Å²) in [4.78, 5) is 42.7. The van der Waals surface area contributed by atoms with Crippen molar-refractivity contribution in [1.82, 2.24) is 9.55 Å². The maximum Gasteiger partial charge on any atom is 0.348 e. The van der Waals surface area contributed by atoms with Crippen LogP contribution in [0.2, 0.25) is 5.02 Å². The maximum atomic E-state index is 12.9. The zero-order valence-corrected chi connectivity index (χ0v) is 18.6. The van der Waals surface area contributed by atoms with Crippen molar-refractivity contribution < 1.29 is 23.8 Å². The number of carbonyl (C=O) groups is 2. The van der Waals surface area contributed by atoms with Gasteiger partial charge < -0.3 is 19.5 Å². The van der Waals surface area contributed by atoms with Crippen molar-refractivity contribution in [2.45, 2.75) is 13.5 Å². The van der Waals surface area contributed by atoms with Crippen LogP contribution in [-0.4, -0.2) is 48.9 Å². The highest BCUT2D eigenvalue weighted by Crippen LogP contribution is 2.28. The van der Waals surface area contributed by atoms with E-state index in [2.05, 4.69) is 10.3 Å². The Morgan fingerprint density at radius 3 is 2.74 bits per heavy atom. The first-order chi connectivity index (χ1) is 14.8. The fourth-order valence-electron chi connectivity index (χ4n) is 2.87. The van der Waals surface area contributed by atoms with Gasteiger partial charge >= 0.3 is 5.97 Å². The minimum atomic E-state index is -0.547. The minimum Gasteiger partial charge on any atom is -0.495 e. The van der Waals surface area contributed by atoms with Crippen LogP contribution in [0, 0.1) is 6.92 Å². The molecule has 0 aliphatic carbocycles. The van der Waals surface area contributed by atoms with Crippen molar-refractivity contribution >= 4 is 50.7 Å². The standard InChI is InChI=1S/C20H20ClN3O6S/c1-11-16-18(31-17(11)20(27)30-7-6-28-2)22-10-24(19(16)26)9-15(25)23-13-8-12(21)4-5-14(13)29-3/h4-5,8,10H,6-7,9H2,1-3H3,(H,23,25). The number of halogens is 1. The van der Waals surface area contributed by atoms with E-state index in [1.165, 1.54) is 25.1 Å². The van der Waals surface area contributed by atoms with Gasteiger partial charge in [-0.1, -0.05) is 11.6 Å². The van der Waals surface area contributed by atoms with E-state index < -0.39 is 17.4 Å². The molecule has 0 aliphatic rings. The van der Waals surface area contributed by atoms with E-state index in [0.717, 1.165) is 11.3 Å². The molecule has 0 bridgehead atoms. The highest BCUT2D eigenvalue weighted by Gasteiger charge is 2.21. The Bertz CT molecular complexity index is 1190. The summed E-state index contributed by atoms with van der Waals surface area (Å²) in [5.41, 5.74) is 0.420. The van der Waals surface area contributed by atoms with Gasteiger partial charge in [-0.2, -0.15) is 0 Å². The van der Waals surface area contributed by atoms with Crippen molar-refractivity contribution in [1.29, 1.82) is 0 Å². The Morgan fingerprint density at radius 1 is 1.26 bits per heavy atom. The SMILES string of the molecule is COCCOC(=O)c1sc2ncn(CC(=O)Nc3cc(Cl)ccc3OC)c(=O)c2c1C. The summed E-state index contributed by atoms with van der Waals surface area (Å²) < 4.78 is 16.4. The van der Waals surface area contributed by atoms with E-state index in [1.807, 2.05) is 0 Å². The molecule has 0 fully saturated rings. The number of benzene rings is 1. The number of aryl methyl sites for hydroxylation is 1. The van der Waals surface area contributed by atoms with Gasteiger partial charge in [0, 0.05) is 12.1 Å². The van der Waals surface area contributed by atoms with Gasteiger partial charge in [0.15, 0.2) is 0 Å². The van der Waals surface area contributed by atoms with E-state index >= 15 is 0 Å². The van der Waals surface area contributed by atoms with Crippen LogP contribution in [0.3, 0.4) is 0 Å². The molecule has 11 heteroatoms. The Hall–Kier alpha value is -2.95. The number of carbonyl (C=O) groups excluding carboxylic acids is 2. The predicted octanol–water partition coefficient (Wildman–Crippen LogP) is 2.87. The van der Waals surface area contributed by atoms with Crippen LogP contribution in [0.25, 0.3) is 10.2 Å². The van der Waals surface area contributed by atoms with Gasteiger partial charge in [0.25, 0.3) is 5.56 Å². The third-order valence-electron chi connectivity index (χ3n) is 4.37. The van der Waals surface area contributed by atoms with Gasteiger partial charge in [-0.05, 0) is 30.7 Å². The average Bonchev–Trinajstić information content (AvgIpc) is 3.07. The van der Waals surface area contributed by atoms with Gasteiger partial charge in [0.1, 0.15) is 28.6 Å². The number of nitrogens with zero attached hydrogens (tertiary/aromatic N) is 2.